The fraction of sp³-hybridized carbons (Fsp3) is 0.882. The van der Waals surface area contributed by atoms with E-state index in [-0.39, 0.29) is 30.3 Å². The Hall–Kier alpha value is -1.08. The van der Waals surface area contributed by atoms with Gasteiger partial charge in [-0.15, -0.1) is 0 Å². The van der Waals surface area contributed by atoms with Crippen molar-refractivity contribution in [2.45, 2.75) is 78.5 Å². The van der Waals surface area contributed by atoms with Crippen LogP contribution in [-0.2, 0) is 18.8 Å². The number of imide groups is 1. The first-order valence-electron chi connectivity index (χ1n) is 8.74. The van der Waals surface area contributed by atoms with Crippen LogP contribution in [0.25, 0.3) is 0 Å². The molecule has 136 valence electrons. The molecular weight excluding hydrogens is 309 g/mol. The van der Waals surface area contributed by atoms with Crippen molar-refractivity contribution in [2.75, 3.05) is 6.61 Å². The fourth-order valence-electron chi connectivity index (χ4n) is 2.96. The number of rotatable bonds is 4. The standard InChI is InChI=1S/C17H30BNO5/c1-10(2)13-9-22-15(21)19(13)14(20)11(3)12(4)18-23-16(5,6)17(7,8)24-18/h10-13H,9H2,1-8H3/t11-,12-,13+/m1/s1. The zero-order chi connectivity index (χ0) is 18.4. The highest BCUT2D eigenvalue weighted by atomic mass is 16.7. The minimum absolute atomic E-state index is 0.153. The molecule has 3 atom stereocenters. The Morgan fingerprint density at radius 3 is 2.08 bits per heavy atom. The van der Waals surface area contributed by atoms with Crippen LogP contribution in [0.3, 0.4) is 0 Å². The molecule has 0 bridgehead atoms. The summed E-state index contributed by atoms with van der Waals surface area (Å²) in [6.45, 7) is 15.9. The SMILES string of the molecule is CC(C)[C@@H]1COC(=O)N1C(=O)[C@H](C)[C@@H](C)B1OC(C)(C)C(C)(C)O1. The van der Waals surface area contributed by atoms with Crippen LogP contribution in [0.2, 0.25) is 5.82 Å². The molecule has 24 heavy (non-hydrogen) atoms. The highest BCUT2D eigenvalue weighted by Gasteiger charge is 2.55. The molecule has 6 nitrogen and oxygen atoms in total. The van der Waals surface area contributed by atoms with Crippen molar-refractivity contribution in [1.82, 2.24) is 4.90 Å². The summed E-state index contributed by atoms with van der Waals surface area (Å²) >= 11 is 0. The Morgan fingerprint density at radius 1 is 1.12 bits per heavy atom. The van der Waals surface area contributed by atoms with E-state index in [0.29, 0.717) is 0 Å². The van der Waals surface area contributed by atoms with Gasteiger partial charge in [0.15, 0.2) is 0 Å². The van der Waals surface area contributed by atoms with E-state index < -0.39 is 30.3 Å². The number of amides is 2. The molecule has 2 aliphatic rings. The van der Waals surface area contributed by atoms with Gasteiger partial charge in [0.25, 0.3) is 0 Å². The summed E-state index contributed by atoms with van der Waals surface area (Å²) in [6, 6.07) is -0.210. The third kappa shape index (κ3) is 3.20. The van der Waals surface area contributed by atoms with Crippen molar-refractivity contribution in [3.05, 3.63) is 0 Å². The van der Waals surface area contributed by atoms with Crippen molar-refractivity contribution in [3.63, 3.8) is 0 Å². The van der Waals surface area contributed by atoms with Gasteiger partial charge in [0, 0.05) is 11.7 Å². The molecule has 0 aromatic rings. The monoisotopic (exact) mass is 339 g/mol. The Balaban J connectivity index is 2.12. The molecule has 0 aliphatic carbocycles. The molecule has 0 N–H and O–H groups in total. The van der Waals surface area contributed by atoms with E-state index in [0.717, 1.165) is 0 Å². The molecule has 0 spiro atoms. The summed E-state index contributed by atoms with van der Waals surface area (Å²) in [5.41, 5.74) is -0.885. The number of carbonyl (C=O) groups excluding carboxylic acids is 2. The number of carbonyl (C=O) groups is 2. The quantitative estimate of drug-likeness (QED) is 0.737. The van der Waals surface area contributed by atoms with Crippen molar-refractivity contribution < 1.29 is 23.6 Å². The molecular formula is C17H30BNO5. The van der Waals surface area contributed by atoms with Crippen molar-refractivity contribution in [3.8, 4) is 0 Å². The number of nitrogens with zero attached hydrogens (tertiary/aromatic N) is 1. The number of hydrogen-bond donors (Lipinski definition) is 0. The van der Waals surface area contributed by atoms with Crippen LogP contribution in [-0.4, -0.2) is 47.9 Å². The Bertz CT molecular complexity index is 503. The average molecular weight is 339 g/mol. The maximum Gasteiger partial charge on any atom is 0.461 e. The third-order valence-corrected chi connectivity index (χ3v) is 5.79. The van der Waals surface area contributed by atoms with Gasteiger partial charge in [0.1, 0.15) is 6.61 Å². The van der Waals surface area contributed by atoms with E-state index in [9.17, 15) is 9.59 Å². The lowest BCUT2D eigenvalue weighted by molar-refractivity contribution is -0.133. The van der Waals surface area contributed by atoms with Crippen LogP contribution in [0, 0.1) is 11.8 Å². The van der Waals surface area contributed by atoms with Gasteiger partial charge >= 0.3 is 13.2 Å². The summed E-state index contributed by atoms with van der Waals surface area (Å²) in [5, 5.41) is 0. The van der Waals surface area contributed by atoms with Crippen molar-refractivity contribution in [1.29, 1.82) is 0 Å². The van der Waals surface area contributed by atoms with Crippen LogP contribution in [0.5, 0.6) is 0 Å². The summed E-state index contributed by atoms with van der Waals surface area (Å²) in [7, 11) is -0.481. The van der Waals surface area contributed by atoms with E-state index in [1.165, 1.54) is 4.90 Å². The van der Waals surface area contributed by atoms with Gasteiger partial charge in [0.2, 0.25) is 5.91 Å². The van der Waals surface area contributed by atoms with E-state index >= 15 is 0 Å². The predicted octanol–water partition coefficient (Wildman–Crippen LogP) is 3.11. The second kappa shape index (κ2) is 6.34. The van der Waals surface area contributed by atoms with Crippen LogP contribution in [0.4, 0.5) is 4.79 Å². The summed E-state index contributed by atoms with van der Waals surface area (Å²) in [6.07, 6.45) is -0.549. The third-order valence-electron chi connectivity index (χ3n) is 5.79. The van der Waals surface area contributed by atoms with Gasteiger partial charge in [-0.2, -0.15) is 0 Å². The Labute approximate surface area is 145 Å². The van der Waals surface area contributed by atoms with E-state index in [1.54, 1.807) is 0 Å². The van der Waals surface area contributed by atoms with Gasteiger partial charge in [-0.25, -0.2) is 9.69 Å². The van der Waals surface area contributed by atoms with Crippen LogP contribution in [0.1, 0.15) is 55.4 Å². The van der Waals surface area contributed by atoms with Gasteiger partial charge in [-0.1, -0.05) is 27.7 Å². The highest BCUT2D eigenvalue weighted by molar-refractivity contribution is 6.48. The van der Waals surface area contributed by atoms with Crippen LogP contribution >= 0.6 is 0 Å². The summed E-state index contributed by atoms with van der Waals surface area (Å²) < 4.78 is 17.2. The number of ether oxygens (including phenoxy) is 1. The molecule has 2 rings (SSSR count). The maximum atomic E-state index is 12.9. The molecule has 0 aromatic heterocycles. The zero-order valence-corrected chi connectivity index (χ0v) is 16.1. The molecule has 2 heterocycles. The van der Waals surface area contributed by atoms with E-state index in [2.05, 4.69) is 0 Å². The average Bonchev–Trinajstić information content (AvgIpc) is 2.94. The lowest BCUT2D eigenvalue weighted by Crippen LogP contribution is -2.46. The first-order valence-corrected chi connectivity index (χ1v) is 8.74. The lowest BCUT2D eigenvalue weighted by atomic mass is 9.66. The lowest BCUT2D eigenvalue weighted by Gasteiger charge is -2.32. The topological polar surface area (TPSA) is 65.1 Å². The van der Waals surface area contributed by atoms with Gasteiger partial charge in [0.05, 0.1) is 17.2 Å². The number of hydrogen-bond acceptors (Lipinski definition) is 5. The zero-order valence-electron chi connectivity index (χ0n) is 16.1. The Morgan fingerprint density at radius 2 is 1.62 bits per heavy atom. The normalized spacial score (nSPS) is 28.2. The molecule has 2 amide bonds. The van der Waals surface area contributed by atoms with Crippen LogP contribution < -0.4 is 0 Å². The molecule has 0 radical (unpaired) electrons. The maximum absolute atomic E-state index is 12.9. The first-order chi connectivity index (χ1) is 10.9. The van der Waals surface area contributed by atoms with Crippen molar-refractivity contribution in [2.24, 2.45) is 11.8 Å². The van der Waals surface area contributed by atoms with Gasteiger partial charge in [-0.05, 0) is 33.6 Å². The summed E-state index contributed by atoms with van der Waals surface area (Å²) in [5.74, 6) is -0.662. The largest absolute Gasteiger partial charge is 0.461 e. The van der Waals surface area contributed by atoms with Crippen molar-refractivity contribution >= 4 is 19.1 Å². The molecule has 2 aliphatic heterocycles. The minimum Gasteiger partial charge on any atom is -0.447 e. The molecule has 0 aromatic carbocycles. The predicted molar refractivity (Wildman–Crippen MR) is 91.5 cm³/mol. The number of cyclic esters (lactones) is 1. The summed E-state index contributed by atoms with van der Waals surface area (Å²) in [4.78, 5) is 26.2. The second-order valence-corrected chi connectivity index (χ2v) is 8.37. The first kappa shape index (κ1) is 19.3. The highest BCUT2D eigenvalue weighted by Crippen LogP contribution is 2.42. The molecule has 7 heteroatoms. The van der Waals surface area contributed by atoms with Crippen LogP contribution in [0.15, 0.2) is 0 Å². The Kier molecular flexibility index (Phi) is 5.08. The molecule has 0 unspecified atom stereocenters. The molecule has 0 saturated carbocycles. The van der Waals surface area contributed by atoms with E-state index in [4.69, 9.17) is 14.0 Å². The van der Waals surface area contributed by atoms with Gasteiger partial charge in [-0.3, -0.25) is 4.79 Å². The minimum atomic E-state index is -0.549. The second-order valence-electron chi connectivity index (χ2n) is 8.37. The molecule has 2 saturated heterocycles. The molecule has 2 fully saturated rings. The smallest absolute Gasteiger partial charge is 0.447 e. The fourth-order valence-corrected chi connectivity index (χ4v) is 2.96. The van der Waals surface area contributed by atoms with E-state index in [1.807, 2.05) is 55.4 Å². The van der Waals surface area contributed by atoms with Gasteiger partial charge < -0.3 is 14.0 Å².